The van der Waals surface area contributed by atoms with E-state index in [0.717, 1.165) is 21.9 Å². The third kappa shape index (κ3) is 4.29. The van der Waals surface area contributed by atoms with E-state index in [-0.39, 0.29) is 6.03 Å². The molecule has 0 saturated heterocycles. The smallest absolute Gasteiger partial charge is 0.323 e. The van der Waals surface area contributed by atoms with Crippen LogP contribution in [0.25, 0.3) is 27.6 Å². The van der Waals surface area contributed by atoms with Crippen molar-refractivity contribution in [3.8, 4) is 17.3 Å². The fourth-order valence-corrected chi connectivity index (χ4v) is 3.96. The zero-order valence-electron chi connectivity index (χ0n) is 19.2. The Morgan fingerprint density at radius 2 is 1.66 bits per heavy atom. The molecule has 2 heterocycles. The van der Waals surface area contributed by atoms with Crippen molar-refractivity contribution in [1.29, 1.82) is 0 Å². The molecular weight excluding hydrogens is 468 g/mol. The number of methoxy groups -OCH3 is 2. The van der Waals surface area contributed by atoms with Crippen LogP contribution in [0.1, 0.15) is 5.56 Å². The van der Waals surface area contributed by atoms with Crippen molar-refractivity contribution >= 4 is 50.8 Å². The van der Waals surface area contributed by atoms with Gasteiger partial charge in [-0.05, 0) is 48.9 Å². The summed E-state index contributed by atoms with van der Waals surface area (Å²) in [5.41, 5.74) is 3.68. The van der Waals surface area contributed by atoms with E-state index in [1.165, 1.54) is 6.33 Å². The van der Waals surface area contributed by atoms with E-state index in [1.54, 1.807) is 49.4 Å². The number of rotatable bonds is 5. The third-order valence-corrected chi connectivity index (χ3v) is 5.98. The molecule has 35 heavy (non-hydrogen) atoms. The first-order chi connectivity index (χ1) is 17.0. The van der Waals surface area contributed by atoms with Crippen molar-refractivity contribution in [3.05, 3.63) is 71.6 Å². The van der Waals surface area contributed by atoms with Crippen molar-refractivity contribution in [3.63, 3.8) is 0 Å². The Kier molecular flexibility index (Phi) is 5.84. The number of nitrogens with one attached hydrogen (secondary N) is 2. The van der Waals surface area contributed by atoms with E-state index in [2.05, 4.69) is 25.7 Å². The Morgan fingerprint density at radius 1 is 0.943 bits per heavy atom. The quantitative estimate of drug-likeness (QED) is 0.334. The van der Waals surface area contributed by atoms with Gasteiger partial charge in [0.1, 0.15) is 6.33 Å². The molecule has 0 aliphatic carbocycles. The number of nitrogens with zero attached hydrogens (tertiary/aromatic N) is 4. The highest BCUT2D eigenvalue weighted by atomic mass is 35.5. The number of ether oxygens (including phenoxy) is 2. The maximum Gasteiger partial charge on any atom is 0.323 e. The predicted octanol–water partition coefficient (Wildman–Crippen LogP) is 5.59. The van der Waals surface area contributed by atoms with Crippen molar-refractivity contribution in [1.82, 2.24) is 19.7 Å². The zero-order valence-corrected chi connectivity index (χ0v) is 19.9. The number of carbonyl (C=O) groups is 1. The van der Waals surface area contributed by atoms with Crippen LogP contribution < -0.4 is 20.1 Å². The standard InChI is InChI=1S/C25H21ClN6O3/c1-14-4-5-17(9-19(14)26)31-25(33)30-16-6-7-21-15(8-16)12-29-32(21)24-18-10-22(34-2)23(35-3)11-20(18)27-13-28-24/h4-13H,1-3H3,(H2,30,31,33). The maximum atomic E-state index is 12.5. The minimum atomic E-state index is -0.375. The van der Waals surface area contributed by atoms with Crippen LogP contribution in [0.15, 0.2) is 61.1 Å². The molecule has 176 valence electrons. The Morgan fingerprint density at radius 3 is 2.40 bits per heavy atom. The lowest BCUT2D eigenvalue weighted by Gasteiger charge is -2.11. The first kappa shape index (κ1) is 22.4. The highest BCUT2D eigenvalue weighted by molar-refractivity contribution is 6.31. The van der Waals surface area contributed by atoms with Crippen LogP contribution in [0.5, 0.6) is 11.5 Å². The number of halogens is 1. The number of hydrogen-bond acceptors (Lipinski definition) is 6. The zero-order chi connectivity index (χ0) is 24.5. The van der Waals surface area contributed by atoms with Crippen molar-refractivity contribution in [2.45, 2.75) is 6.92 Å². The number of urea groups is 1. The number of anilines is 2. The van der Waals surface area contributed by atoms with Crippen molar-refractivity contribution < 1.29 is 14.3 Å². The summed E-state index contributed by atoms with van der Waals surface area (Å²) >= 11 is 6.14. The minimum Gasteiger partial charge on any atom is -0.493 e. The van der Waals surface area contributed by atoms with Crippen LogP contribution in [0.3, 0.4) is 0 Å². The van der Waals surface area contributed by atoms with E-state index >= 15 is 0 Å². The van der Waals surface area contributed by atoms with E-state index in [9.17, 15) is 4.79 Å². The lowest BCUT2D eigenvalue weighted by Crippen LogP contribution is -2.19. The largest absolute Gasteiger partial charge is 0.493 e. The van der Waals surface area contributed by atoms with Crippen LogP contribution in [-0.2, 0) is 0 Å². The lowest BCUT2D eigenvalue weighted by molar-refractivity contribution is 0.262. The molecule has 0 bridgehead atoms. The highest BCUT2D eigenvalue weighted by Crippen LogP contribution is 2.34. The molecule has 0 aliphatic rings. The number of carbonyl (C=O) groups excluding carboxylic acids is 1. The molecule has 0 unspecified atom stereocenters. The van der Waals surface area contributed by atoms with Gasteiger partial charge in [0.25, 0.3) is 0 Å². The predicted molar refractivity (Wildman–Crippen MR) is 136 cm³/mol. The van der Waals surface area contributed by atoms with Gasteiger partial charge in [-0.15, -0.1) is 0 Å². The van der Waals surface area contributed by atoms with Gasteiger partial charge in [0.2, 0.25) is 0 Å². The summed E-state index contributed by atoms with van der Waals surface area (Å²) in [4.78, 5) is 21.3. The summed E-state index contributed by atoms with van der Waals surface area (Å²) in [5, 5.41) is 12.3. The molecule has 0 atom stereocenters. The summed E-state index contributed by atoms with van der Waals surface area (Å²) < 4.78 is 12.6. The number of hydrogen-bond donors (Lipinski definition) is 2. The molecule has 9 nitrogen and oxygen atoms in total. The summed E-state index contributed by atoms with van der Waals surface area (Å²) in [6.07, 6.45) is 3.20. The molecule has 0 radical (unpaired) electrons. The van der Waals surface area contributed by atoms with Gasteiger partial charge in [-0.3, -0.25) is 0 Å². The first-order valence-electron chi connectivity index (χ1n) is 10.7. The number of aromatic nitrogens is 4. The number of fused-ring (bicyclic) bond motifs is 2. The molecule has 0 saturated carbocycles. The van der Waals surface area contributed by atoms with Gasteiger partial charge < -0.3 is 20.1 Å². The average molecular weight is 489 g/mol. The Balaban J connectivity index is 1.44. The molecule has 0 aliphatic heterocycles. The van der Waals surface area contributed by atoms with Gasteiger partial charge >= 0.3 is 6.03 Å². The summed E-state index contributed by atoms with van der Waals surface area (Å²) in [5.74, 6) is 1.75. The van der Waals surface area contributed by atoms with Crippen LogP contribution >= 0.6 is 11.6 Å². The molecule has 0 spiro atoms. The third-order valence-electron chi connectivity index (χ3n) is 5.58. The van der Waals surface area contributed by atoms with Crippen LogP contribution in [-0.4, -0.2) is 40.0 Å². The molecule has 2 N–H and O–H groups in total. The van der Waals surface area contributed by atoms with Crippen LogP contribution in [0.2, 0.25) is 5.02 Å². The Hall–Kier alpha value is -4.37. The van der Waals surface area contributed by atoms with E-state index in [1.807, 2.05) is 31.2 Å². The first-order valence-corrected chi connectivity index (χ1v) is 11.0. The van der Waals surface area contributed by atoms with E-state index < -0.39 is 0 Å². The highest BCUT2D eigenvalue weighted by Gasteiger charge is 2.15. The van der Waals surface area contributed by atoms with E-state index in [4.69, 9.17) is 21.1 Å². The average Bonchev–Trinajstić information content (AvgIpc) is 3.28. The molecular formula is C25H21ClN6O3. The summed E-state index contributed by atoms with van der Waals surface area (Å²) in [6.45, 7) is 1.90. The summed E-state index contributed by atoms with van der Waals surface area (Å²) in [7, 11) is 3.16. The van der Waals surface area contributed by atoms with E-state index in [0.29, 0.717) is 39.2 Å². The molecule has 5 rings (SSSR count). The summed E-state index contributed by atoms with van der Waals surface area (Å²) in [6, 6.07) is 14.1. The van der Waals surface area contributed by atoms with Crippen molar-refractivity contribution in [2.75, 3.05) is 24.9 Å². The maximum absolute atomic E-state index is 12.5. The second-order valence-corrected chi connectivity index (χ2v) is 8.20. The van der Waals surface area contributed by atoms with Crippen LogP contribution in [0.4, 0.5) is 16.2 Å². The number of amides is 2. The van der Waals surface area contributed by atoms with Crippen molar-refractivity contribution in [2.24, 2.45) is 0 Å². The molecule has 5 aromatic rings. The fourth-order valence-electron chi connectivity index (χ4n) is 3.78. The van der Waals surface area contributed by atoms with Gasteiger partial charge in [0.05, 0.1) is 31.4 Å². The Labute approximate surface area is 205 Å². The normalized spacial score (nSPS) is 11.0. The van der Waals surface area contributed by atoms with Gasteiger partial charge in [0.15, 0.2) is 17.3 Å². The molecule has 10 heteroatoms. The van der Waals surface area contributed by atoms with Gasteiger partial charge in [-0.25, -0.2) is 19.4 Å². The molecule has 0 fully saturated rings. The second-order valence-electron chi connectivity index (χ2n) is 7.79. The monoisotopic (exact) mass is 488 g/mol. The minimum absolute atomic E-state index is 0.375. The topological polar surface area (TPSA) is 103 Å². The Bertz CT molecular complexity index is 1580. The number of benzene rings is 3. The van der Waals surface area contributed by atoms with Gasteiger partial charge in [-0.1, -0.05) is 17.7 Å². The number of aryl methyl sites for hydroxylation is 1. The SMILES string of the molecule is COc1cc2ncnc(-n3ncc4cc(NC(=O)Nc5ccc(C)c(Cl)c5)ccc43)c2cc1OC. The molecule has 3 aromatic carbocycles. The van der Waals surface area contributed by atoms with Gasteiger partial charge in [-0.2, -0.15) is 5.10 Å². The van der Waals surface area contributed by atoms with Gasteiger partial charge in [0, 0.05) is 33.2 Å². The second kappa shape index (κ2) is 9.11. The fraction of sp³-hybridized carbons (Fsp3) is 0.120. The molecule has 2 aromatic heterocycles. The molecule has 2 amide bonds. The lowest BCUT2D eigenvalue weighted by atomic mass is 10.2. The van der Waals surface area contributed by atoms with Crippen LogP contribution in [0, 0.1) is 6.92 Å².